The van der Waals surface area contributed by atoms with Crippen LogP contribution in [-0.4, -0.2) is 37.0 Å². The zero-order chi connectivity index (χ0) is 13.4. The lowest BCUT2D eigenvalue weighted by Crippen LogP contribution is -2.41. The molecule has 1 aliphatic rings. The van der Waals surface area contributed by atoms with Gasteiger partial charge in [-0.15, -0.1) is 12.4 Å². The Morgan fingerprint density at radius 2 is 1.95 bits per heavy atom. The van der Waals surface area contributed by atoms with Gasteiger partial charge >= 0.3 is 0 Å². The second-order valence-electron chi connectivity index (χ2n) is 5.73. The molecule has 1 atom stereocenters. The number of carbonyl (C=O) groups is 1. The molecule has 1 fully saturated rings. The van der Waals surface area contributed by atoms with Crippen LogP contribution in [0.1, 0.15) is 52.9 Å². The van der Waals surface area contributed by atoms with E-state index in [1.165, 1.54) is 25.7 Å². The lowest BCUT2D eigenvalue weighted by atomic mass is 9.95. The van der Waals surface area contributed by atoms with E-state index in [0.717, 1.165) is 38.5 Å². The van der Waals surface area contributed by atoms with Gasteiger partial charge in [0.25, 0.3) is 0 Å². The maximum Gasteiger partial charge on any atom is 0.222 e. The normalized spacial score (nSPS) is 17.9. The molecule has 114 valence electrons. The molecule has 0 aromatic rings. The van der Waals surface area contributed by atoms with Gasteiger partial charge < -0.3 is 10.2 Å². The lowest BCUT2D eigenvalue weighted by molar-refractivity contribution is -0.133. The van der Waals surface area contributed by atoms with Gasteiger partial charge in [-0.3, -0.25) is 4.79 Å². The third kappa shape index (κ3) is 7.17. The van der Waals surface area contributed by atoms with Crippen molar-refractivity contribution in [3.8, 4) is 0 Å². The minimum atomic E-state index is 0. The molecule has 1 N–H and O–H groups in total. The van der Waals surface area contributed by atoms with E-state index in [9.17, 15) is 4.79 Å². The van der Waals surface area contributed by atoms with E-state index in [0.29, 0.717) is 11.8 Å². The quantitative estimate of drug-likeness (QED) is 0.781. The van der Waals surface area contributed by atoms with Gasteiger partial charge in [0.15, 0.2) is 0 Å². The summed E-state index contributed by atoms with van der Waals surface area (Å²) in [6, 6.07) is 0. The van der Waals surface area contributed by atoms with E-state index >= 15 is 0 Å². The van der Waals surface area contributed by atoms with Gasteiger partial charge in [-0.25, -0.2) is 0 Å². The molecule has 0 spiro atoms. The summed E-state index contributed by atoms with van der Waals surface area (Å²) in [5, 5.41) is 3.41. The van der Waals surface area contributed by atoms with E-state index in [4.69, 9.17) is 0 Å². The molecule has 19 heavy (non-hydrogen) atoms. The smallest absolute Gasteiger partial charge is 0.222 e. The molecule has 1 heterocycles. The molecule has 0 saturated carbocycles. The maximum atomic E-state index is 12.1. The number of nitrogens with one attached hydrogen (secondary N) is 1. The van der Waals surface area contributed by atoms with Crippen LogP contribution in [-0.2, 0) is 4.79 Å². The van der Waals surface area contributed by atoms with Crippen molar-refractivity contribution in [1.82, 2.24) is 10.2 Å². The molecule has 1 amide bonds. The summed E-state index contributed by atoms with van der Waals surface area (Å²) in [4.78, 5) is 14.2. The molecule has 4 heteroatoms. The zero-order valence-corrected chi connectivity index (χ0v) is 13.6. The first-order valence-corrected chi connectivity index (χ1v) is 7.65. The number of halogens is 1. The fourth-order valence-electron chi connectivity index (χ4n) is 2.76. The van der Waals surface area contributed by atoms with Gasteiger partial charge in [0.1, 0.15) is 0 Å². The SMILES string of the molecule is CCCC(C)CC(=O)N1CCC(CNCC)CC1.Cl. The second kappa shape index (κ2) is 10.5. The standard InChI is InChI=1S/C15H30N2O.ClH/c1-4-6-13(3)11-15(18)17-9-7-14(8-10-17)12-16-5-2;/h13-14,16H,4-12H2,1-3H3;1H. The number of hydrogen-bond acceptors (Lipinski definition) is 2. The van der Waals surface area contributed by atoms with Gasteiger partial charge in [0.05, 0.1) is 0 Å². The Morgan fingerprint density at radius 1 is 1.32 bits per heavy atom. The van der Waals surface area contributed by atoms with Crippen molar-refractivity contribution in [3.05, 3.63) is 0 Å². The Morgan fingerprint density at radius 3 is 2.47 bits per heavy atom. The first-order chi connectivity index (χ1) is 8.67. The van der Waals surface area contributed by atoms with Crippen LogP contribution in [0.2, 0.25) is 0 Å². The highest BCUT2D eigenvalue weighted by atomic mass is 35.5. The third-order valence-electron chi connectivity index (χ3n) is 3.95. The van der Waals surface area contributed by atoms with Gasteiger partial charge in [-0.05, 0) is 37.8 Å². The fraction of sp³-hybridized carbons (Fsp3) is 0.933. The van der Waals surface area contributed by atoms with Gasteiger partial charge in [0, 0.05) is 19.5 Å². The summed E-state index contributed by atoms with van der Waals surface area (Å²) in [7, 11) is 0. The van der Waals surface area contributed by atoms with Crippen molar-refractivity contribution < 1.29 is 4.79 Å². The molecule has 3 nitrogen and oxygen atoms in total. The Kier molecular flexibility index (Phi) is 10.3. The monoisotopic (exact) mass is 290 g/mol. The Bertz CT molecular complexity index is 240. The predicted molar refractivity (Wildman–Crippen MR) is 83.8 cm³/mol. The molecular formula is C15H31ClN2O. The van der Waals surface area contributed by atoms with Crippen LogP contribution in [0.3, 0.4) is 0 Å². The van der Waals surface area contributed by atoms with Crippen LogP contribution in [0.5, 0.6) is 0 Å². The molecule has 0 radical (unpaired) electrons. The summed E-state index contributed by atoms with van der Waals surface area (Å²) in [5.41, 5.74) is 0. The molecule has 0 aliphatic carbocycles. The van der Waals surface area contributed by atoms with E-state index < -0.39 is 0 Å². The van der Waals surface area contributed by atoms with E-state index in [2.05, 4.69) is 31.0 Å². The van der Waals surface area contributed by atoms with Crippen LogP contribution in [0.25, 0.3) is 0 Å². The van der Waals surface area contributed by atoms with Gasteiger partial charge in [0.2, 0.25) is 5.91 Å². The van der Waals surface area contributed by atoms with Crippen molar-refractivity contribution in [1.29, 1.82) is 0 Å². The van der Waals surface area contributed by atoms with Crippen molar-refractivity contribution in [2.45, 2.75) is 52.9 Å². The molecule has 0 bridgehead atoms. The average Bonchev–Trinajstić information content (AvgIpc) is 2.37. The molecule has 1 unspecified atom stereocenters. The first kappa shape index (κ1) is 18.7. The number of carbonyl (C=O) groups excluding carboxylic acids is 1. The minimum Gasteiger partial charge on any atom is -0.343 e. The van der Waals surface area contributed by atoms with Crippen molar-refractivity contribution >= 4 is 18.3 Å². The van der Waals surface area contributed by atoms with Crippen LogP contribution >= 0.6 is 12.4 Å². The predicted octanol–water partition coefficient (Wildman–Crippen LogP) is 3.08. The Balaban J connectivity index is 0.00000324. The fourth-order valence-corrected chi connectivity index (χ4v) is 2.76. The van der Waals surface area contributed by atoms with Gasteiger partial charge in [-0.1, -0.05) is 33.6 Å². The largest absolute Gasteiger partial charge is 0.343 e. The maximum absolute atomic E-state index is 12.1. The summed E-state index contributed by atoms with van der Waals surface area (Å²) in [6.45, 7) is 10.6. The topological polar surface area (TPSA) is 32.3 Å². The number of hydrogen-bond donors (Lipinski definition) is 1. The Labute approximate surface area is 124 Å². The van der Waals surface area contributed by atoms with Gasteiger partial charge in [-0.2, -0.15) is 0 Å². The van der Waals surface area contributed by atoms with E-state index in [1.54, 1.807) is 0 Å². The van der Waals surface area contributed by atoms with Crippen LogP contribution in [0.15, 0.2) is 0 Å². The highest BCUT2D eigenvalue weighted by Crippen LogP contribution is 2.19. The number of rotatable bonds is 7. The number of nitrogens with zero attached hydrogens (tertiary/aromatic N) is 1. The Hall–Kier alpha value is -0.280. The van der Waals surface area contributed by atoms with Crippen molar-refractivity contribution in [2.24, 2.45) is 11.8 Å². The number of piperidine rings is 1. The average molecular weight is 291 g/mol. The molecule has 1 rings (SSSR count). The number of amides is 1. The highest BCUT2D eigenvalue weighted by Gasteiger charge is 2.23. The summed E-state index contributed by atoms with van der Waals surface area (Å²) in [5.74, 6) is 1.68. The highest BCUT2D eigenvalue weighted by molar-refractivity contribution is 5.85. The summed E-state index contributed by atoms with van der Waals surface area (Å²) >= 11 is 0. The van der Waals surface area contributed by atoms with E-state index in [-0.39, 0.29) is 12.4 Å². The zero-order valence-electron chi connectivity index (χ0n) is 12.8. The third-order valence-corrected chi connectivity index (χ3v) is 3.95. The molecule has 0 aromatic carbocycles. The lowest BCUT2D eigenvalue weighted by Gasteiger charge is -2.32. The summed E-state index contributed by atoms with van der Waals surface area (Å²) in [6.07, 6.45) is 5.43. The minimum absolute atomic E-state index is 0. The van der Waals surface area contributed by atoms with Crippen LogP contribution in [0, 0.1) is 11.8 Å². The van der Waals surface area contributed by atoms with Crippen LogP contribution < -0.4 is 5.32 Å². The molecule has 1 saturated heterocycles. The number of likely N-dealkylation sites (tertiary alicyclic amines) is 1. The molecule has 1 aliphatic heterocycles. The van der Waals surface area contributed by atoms with Crippen LogP contribution in [0.4, 0.5) is 0 Å². The molecule has 0 aromatic heterocycles. The summed E-state index contributed by atoms with van der Waals surface area (Å²) < 4.78 is 0. The van der Waals surface area contributed by atoms with Crippen molar-refractivity contribution in [2.75, 3.05) is 26.2 Å². The second-order valence-corrected chi connectivity index (χ2v) is 5.73. The molecular weight excluding hydrogens is 260 g/mol. The van der Waals surface area contributed by atoms with Crippen molar-refractivity contribution in [3.63, 3.8) is 0 Å². The first-order valence-electron chi connectivity index (χ1n) is 7.65. The van der Waals surface area contributed by atoms with E-state index in [1.807, 2.05) is 0 Å².